The molecule has 3 heteroatoms. The van der Waals surface area contributed by atoms with E-state index in [1.807, 2.05) is 18.3 Å². The Labute approximate surface area is 73.7 Å². The van der Waals surface area contributed by atoms with Gasteiger partial charge in [0.2, 0.25) is 0 Å². The average molecular weight is 214 g/mol. The van der Waals surface area contributed by atoms with Gasteiger partial charge in [-0.25, -0.2) is 4.98 Å². The molecule has 0 unspecified atom stereocenters. The summed E-state index contributed by atoms with van der Waals surface area (Å²) < 4.78 is 6.00. The minimum Gasteiger partial charge on any atom is -0.380 e. The summed E-state index contributed by atoms with van der Waals surface area (Å²) in [7, 11) is 0. The molecule has 1 fully saturated rings. The van der Waals surface area contributed by atoms with E-state index in [1.165, 1.54) is 5.56 Å². The van der Waals surface area contributed by atoms with Crippen molar-refractivity contribution in [3.05, 3.63) is 28.5 Å². The molecule has 0 radical (unpaired) electrons. The third kappa shape index (κ3) is 1.44. The Hall–Kier alpha value is -0.410. The lowest BCUT2D eigenvalue weighted by atomic mass is 9.99. The molecule has 1 aromatic rings. The number of hydrogen-bond acceptors (Lipinski definition) is 2. The number of aromatic nitrogens is 1. The van der Waals surface area contributed by atoms with Crippen LogP contribution in [0.5, 0.6) is 0 Å². The fraction of sp³-hybridized carbons (Fsp3) is 0.375. The number of ether oxygens (including phenoxy) is 1. The van der Waals surface area contributed by atoms with Crippen LogP contribution in [0, 0.1) is 0 Å². The van der Waals surface area contributed by atoms with E-state index < -0.39 is 0 Å². The number of nitrogens with zero attached hydrogens (tertiary/aromatic N) is 1. The molecule has 0 aliphatic carbocycles. The van der Waals surface area contributed by atoms with Crippen molar-refractivity contribution in [2.24, 2.45) is 0 Å². The van der Waals surface area contributed by atoms with Crippen molar-refractivity contribution < 1.29 is 4.74 Å². The Morgan fingerprint density at radius 2 is 2.36 bits per heavy atom. The van der Waals surface area contributed by atoms with Gasteiger partial charge in [0.25, 0.3) is 0 Å². The van der Waals surface area contributed by atoms with Crippen molar-refractivity contribution in [2.45, 2.75) is 5.92 Å². The molecule has 0 spiro atoms. The van der Waals surface area contributed by atoms with E-state index in [9.17, 15) is 0 Å². The summed E-state index contributed by atoms with van der Waals surface area (Å²) in [5.74, 6) is 0.592. The van der Waals surface area contributed by atoms with E-state index in [1.54, 1.807) is 0 Å². The summed E-state index contributed by atoms with van der Waals surface area (Å²) in [5, 5.41) is 0. The predicted octanol–water partition coefficient (Wildman–Crippen LogP) is 1.96. The zero-order valence-electron chi connectivity index (χ0n) is 5.96. The number of pyridine rings is 1. The van der Waals surface area contributed by atoms with Crippen LogP contribution in [0.1, 0.15) is 11.5 Å². The lowest BCUT2D eigenvalue weighted by Gasteiger charge is -2.26. The molecule has 0 amide bonds. The zero-order valence-corrected chi connectivity index (χ0v) is 7.54. The zero-order chi connectivity index (χ0) is 7.68. The molecule has 2 rings (SSSR count). The first-order valence-corrected chi connectivity index (χ1v) is 4.35. The minimum atomic E-state index is 0.592. The molecule has 0 aromatic carbocycles. The van der Waals surface area contributed by atoms with Gasteiger partial charge in [-0.3, -0.25) is 0 Å². The normalized spacial score (nSPS) is 17.9. The van der Waals surface area contributed by atoms with Gasteiger partial charge in [-0.1, -0.05) is 0 Å². The largest absolute Gasteiger partial charge is 0.380 e. The van der Waals surface area contributed by atoms with Crippen molar-refractivity contribution in [2.75, 3.05) is 13.2 Å². The molecule has 1 saturated heterocycles. The van der Waals surface area contributed by atoms with Gasteiger partial charge in [0.15, 0.2) is 0 Å². The Kier molecular flexibility index (Phi) is 1.92. The van der Waals surface area contributed by atoms with Crippen molar-refractivity contribution in [1.29, 1.82) is 0 Å². The van der Waals surface area contributed by atoms with Crippen LogP contribution in [0.15, 0.2) is 22.9 Å². The van der Waals surface area contributed by atoms with Gasteiger partial charge in [0.05, 0.1) is 13.2 Å². The van der Waals surface area contributed by atoms with Crippen LogP contribution in [0.4, 0.5) is 0 Å². The Morgan fingerprint density at radius 3 is 2.91 bits per heavy atom. The third-order valence-electron chi connectivity index (χ3n) is 1.86. The van der Waals surface area contributed by atoms with Gasteiger partial charge >= 0.3 is 0 Å². The van der Waals surface area contributed by atoms with E-state index in [-0.39, 0.29) is 0 Å². The van der Waals surface area contributed by atoms with E-state index in [0.717, 1.165) is 17.8 Å². The summed E-state index contributed by atoms with van der Waals surface area (Å²) in [6, 6.07) is 4.09. The topological polar surface area (TPSA) is 22.1 Å². The van der Waals surface area contributed by atoms with Gasteiger partial charge in [0, 0.05) is 12.1 Å². The highest BCUT2D eigenvalue weighted by Crippen LogP contribution is 2.24. The molecule has 1 aliphatic rings. The maximum absolute atomic E-state index is 5.09. The summed E-state index contributed by atoms with van der Waals surface area (Å²) in [6.07, 6.45) is 1.82. The molecular formula is C8H8BrNO. The first-order valence-electron chi connectivity index (χ1n) is 3.55. The number of rotatable bonds is 1. The van der Waals surface area contributed by atoms with Gasteiger partial charge < -0.3 is 4.74 Å². The summed E-state index contributed by atoms with van der Waals surface area (Å²) in [4.78, 5) is 4.06. The quantitative estimate of drug-likeness (QED) is 0.666. The summed E-state index contributed by atoms with van der Waals surface area (Å²) >= 11 is 3.33. The first kappa shape index (κ1) is 7.25. The first-order chi connectivity index (χ1) is 5.36. The number of hydrogen-bond donors (Lipinski definition) is 0. The number of halogens is 1. The van der Waals surface area contributed by atoms with Crippen LogP contribution < -0.4 is 0 Å². The molecule has 0 bridgehead atoms. The van der Waals surface area contributed by atoms with Crippen LogP contribution in [0.25, 0.3) is 0 Å². The molecule has 1 aromatic heterocycles. The molecule has 58 valence electrons. The van der Waals surface area contributed by atoms with Crippen LogP contribution in [0.3, 0.4) is 0 Å². The van der Waals surface area contributed by atoms with Crippen molar-refractivity contribution in [1.82, 2.24) is 4.98 Å². The molecule has 0 N–H and O–H groups in total. The molecule has 1 aliphatic heterocycles. The molecule has 2 nitrogen and oxygen atoms in total. The maximum Gasteiger partial charge on any atom is 0.106 e. The second-order valence-corrected chi connectivity index (χ2v) is 3.46. The SMILES string of the molecule is Brc1cc(C2COC2)ccn1. The van der Waals surface area contributed by atoms with Crippen LogP contribution in [-0.2, 0) is 4.74 Å². The molecule has 0 atom stereocenters. The highest BCUT2D eigenvalue weighted by molar-refractivity contribution is 9.10. The third-order valence-corrected chi connectivity index (χ3v) is 2.29. The average Bonchev–Trinajstić information content (AvgIpc) is 1.83. The van der Waals surface area contributed by atoms with Gasteiger partial charge in [-0.15, -0.1) is 0 Å². The molecule has 2 heterocycles. The van der Waals surface area contributed by atoms with E-state index in [4.69, 9.17) is 4.74 Å². The van der Waals surface area contributed by atoms with Crippen molar-refractivity contribution in [3.8, 4) is 0 Å². The van der Waals surface area contributed by atoms with Gasteiger partial charge in [-0.2, -0.15) is 0 Å². The Morgan fingerprint density at radius 1 is 1.55 bits per heavy atom. The smallest absolute Gasteiger partial charge is 0.106 e. The minimum absolute atomic E-state index is 0.592. The fourth-order valence-corrected chi connectivity index (χ4v) is 1.48. The predicted molar refractivity (Wildman–Crippen MR) is 45.5 cm³/mol. The van der Waals surface area contributed by atoms with Crippen LogP contribution in [0.2, 0.25) is 0 Å². The van der Waals surface area contributed by atoms with Crippen molar-refractivity contribution >= 4 is 15.9 Å². The lowest BCUT2D eigenvalue weighted by Crippen LogP contribution is -2.24. The monoisotopic (exact) mass is 213 g/mol. The highest BCUT2D eigenvalue weighted by atomic mass is 79.9. The van der Waals surface area contributed by atoms with Crippen LogP contribution in [-0.4, -0.2) is 18.2 Å². The summed E-state index contributed by atoms with van der Waals surface area (Å²) in [6.45, 7) is 1.72. The highest BCUT2D eigenvalue weighted by Gasteiger charge is 2.20. The summed E-state index contributed by atoms with van der Waals surface area (Å²) in [5.41, 5.74) is 1.32. The second-order valence-electron chi connectivity index (χ2n) is 2.65. The van der Waals surface area contributed by atoms with Crippen molar-refractivity contribution in [3.63, 3.8) is 0 Å². The Balaban J connectivity index is 2.23. The lowest BCUT2D eigenvalue weighted by molar-refractivity contribution is 0.00837. The van der Waals surface area contributed by atoms with E-state index >= 15 is 0 Å². The molecule has 11 heavy (non-hydrogen) atoms. The molecule has 0 saturated carbocycles. The second kappa shape index (κ2) is 2.91. The fourth-order valence-electron chi connectivity index (χ4n) is 1.10. The van der Waals surface area contributed by atoms with E-state index in [0.29, 0.717) is 5.92 Å². The molecular weight excluding hydrogens is 206 g/mol. The van der Waals surface area contributed by atoms with Gasteiger partial charge in [0.1, 0.15) is 4.60 Å². The van der Waals surface area contributed by atoms with E-state index in [2.05, 4.69) is 20.9 Å². The Bertz CT molecular complexity index is 260. The van der Waals surface area contributed by atoms with Crippen LogP contribution >= 0.6 is 15.9 Å². The van der Waals surface area contributed by atoms with Gasteiger partial charge in [-0.05, 0) is 33.6 Å². The standard InChI is InChI=1S/C8H8BrNO/c9-8-3-6(1-2-10-8)7-4-11-5-7/h1-3,7H,4-5H2. The maximum atomic E-state index is 5.09.